The number of pyridine rings is 1. The first-order valence-electron chi connectivity index (χ1n) is 11.9. The van der Waals surface area contributed by atoms with Crippen LogP contribution in [0.4, 0.5) is 5.82 Å². The predicted octanol–water partition coefficient (Wildman–Crippen LogP) is 3.92. The maximum absolute atomic E-state index is 6.37. The lowest BCUT2D eigenvalue weighted by Crippen LogP contribution is -2.45. The third-order valence-electron chi connectivity index (χ3n) is 6.59. The SMILES string of the molecule is CN1CCN(CCOc2cc(Cc3ccc4[nH]c(Cl)c(Cl)c4c3)nc(N3CCOCC3)c2)CC1. The molecule has 2 fully saturated rings. The maximum Gasteiger partial charge on any atom is 0.132 e. The van der Waals surface area contributed by atoms with Crippen molar-refractivity contribution >= 4 is 39.9 Å². The molecule has 182 valence electrons. The summed E-state index contributed by atoms with van der Waals surface area (Å²) in [5, 5.41) is 1.95. The number of hydrogen-bond donors (Lipinski definition) is 1. The number of ether oxygens (including phenoxy) is 2. The third-order valence-corrected chi connectivity index (χ3v) is 7.36. The molecule has 1 N–H and O–H groups in total. The molecule has 0 bridgehead atoms. The monoisotopic (exact) mass is 503 g/mol. The van der Waals surface area contributed by atoms with Gasteiger partial charge in [0.05, 0.1) is 23.9 Å². The van der Waals surface area contributed by atoms with Crippen LogP contribution < -0.4 is 9.64 Å². The van der Waals surface area contributed by atoms with E-state index in [0.29, 0.717) is 23.2 Å². The molecule has 5 rings (SSSR count). The van der Waals surface area contributed by atoms with Crippen molar-refractivity contribution in [1.82, 2.24) is 19.8 Å². The second-order valence-corrected chi connectivity index (χ2v) is 9.81. The maximum atomic E-state index is 6.37. The lowest BCUT2D eigenvalue weighted by atomic mass is 10.1. The Labute approximate surface area is 210 Å². The molecule has 0 radical (unpaired) electrons. The number of H-pyrrole nitrogens is 1. The topological polar surface area (TPSA) is 56.9 Å². The van der Waals surface area contributed by atoms with Crippen LogP contribution in [-0.4, -0.2) is 92.4 Å². The van der Waals surface area contributed by atoms with Crippen LogP contribution >= 0.6 is 23.2 Å². The Bertz CT molecular complexity index is 1120. The number of hydrogen-bond acceptors (Lipinski definition) is 6. The number of morpholine rings is 1. The number of fused-ring (bicyclic) bond motifs is 1. The Morgan fingerprint density at radius 1 is 1.03 bits per heavy atom. The molecule has 1 aromatic carbocycles. The number of anilines is 1. The second-order valence-electron chi connectivity index (χ2n) is 9.05. The number of piperazine rings is 1. The number of nitrogens with zero attached hydrogens (tertiary/aromatic N) is 4. The van der Waals surface area contributed by atoms with Gasteiger partial charge < -0.3 is 24.3 Å². The number of aromatic amines is 1. The van der Waals surface area contributed by atoms with E-state index in [0.717, 1.165) is 92.8 Å². The van der Waals surface area contributed by atoms with E-state index in [1.165, 1.54) is 0 Å². The predicted molar refractivity (Wildman–Crippen MR) is 138 cm³/mol. The van der Waals surface area contributed by atoms with Gasteiger partial charge in [0.25, 0.3) is 0 Å². The first kappa shape index (κ1) is 23.7. The van der Waals surface area contributed by atoms with Crippen molar-refractivity contribution < 1.29 is 9.47 Å². The summed E-state index contributed by atoms with van der Waals surface area (Å²) in [4.78, 5) is 15.2. The number of nitrogens with one attached hydrogen (secondary N) is 1. The first-order valence-corrected chi connectivity index (χ1v) is 12.6. The van der Waals surface area contributed by atoms with Crippen molar-refractivity contribution in [2.45, 2.75) is 6.42 Å². The van der Waals surface area contributed by atoms with Crippen molar-refractivity contribution in [3.63, 3.8) is 0 Å². The smallest absolute Gasteiger partial charge is 0.132 e. The van der Waals surface area contributed by atoms with E-state index in [9.17, 15) is 0 Å². The molecule has 0 saturated carbocycles. The summed E-state index contributed by atoms with van der Waals surface area (Å²) >= 11 is 12.5. The van der Waals surface area contributed by atoms with Gasteiger partial charge in [-0.25, -0.2) is 4.98 Å². The minimum absolute atomic E-state index is 0.470. The summed E-state index contributed by atoms with van der Waals surface area (Å²) in [5.41, 5.74) is 3.03. The third kappa shape index (κ3) is 5.61. The van der Waals surface area contributed by atoms with Gasteiger partial charge in [0.1, 0.15) is 23.3 Å². The van der Waals surface area contributed by atoms with Crippen molar-refractivity contribution in [3.05, 3.63) is 51.8 Å². The van der Waals surface area contributed by atoms with E-state index in [2.05, 4.69) is 51.0 Å². The zero-order valence-electron chi connectivity index (χ0n) is 19.5. The molecule has 34 heavy (non-hydrogen) atoms. The van der Waals surface area contributed by atoms with Gasteiger partial charge in [0.15, 0.2) is 0 Å². The molecule has 2 aliphatic rings. The number of likely N-dealkylation sites (N-methyl/N-ethyl adjacent to an activating group) is 1. The van der Waals surface area contributed by atoms with Crippen molar-refractivity contribution in [2.75, 3.05) is 77.6 Å². The Morgan fingerprint density at radius 2 is 1.82 bits per heavy atom. The first-order chi connectivity index (χ1) is 16.5. The Balaban J connectivity index is 1.33. The highest BCUT2D eigenvalue weighted by atomic mass is 35.5. The van der Waals surface area contributed by atoms with Crippen LogP contribution in [-0.2, 0) is 11.2 Å². The number of aromatic nitrogens is 2. The van der Waals surface area contributed by atoms with E-state index >= 15 is 0 Å². The van der Waals surface area contributed by atoms with Crippen LogP contribution in [0, 0.1) is 0 Å². The standard InChI is InChI=1S/C25H31Cl2N5O2/c1-30-4-6-31(7-5-30)8-13-34-20-16-19(28-23(17-20)32-9-11-33-12-10-32)14-18-2-3-22-21(15-18)24(26)25(27)29-22/h2-3,15-17,29H,4-14H2,1H3. The van der Waals surface area contributed by atoms with Gasteiger partial charge in [-0.1, -0.05) is 29.3 Å². The molecule has 0 atom stereocenters. The van der Waals surface area contributed by atoms with E-state index in [1.54, 1.807) is 0 Å². The average Bonchev–Trinajstić information content (AvgIpc) is 3.14. The normalized spacial score (nSPS) is 18.0. The van der Waals surface area contributed by atoms with E-state index in [4.69, 9.17) is 37.7 Å². The lowest BCUT2D eigenvalue weighted by molar-refractivity contribution is 0.122. The molecule has 0 spiro atoms. The summed E-state index contributed by atoms with van der Waals surface area (Å²) < 4.78 is 11.8. The molecule has 9 heteroatoms. The van der Waals surface area contributed by atoms with Crippen LogP contribution in [0.5, 0.6) is 5.75 Å². The van der Waals surface area contributed by atoms with Crippen molar-refractivity contribution in [3.8, 4) is 5.75 Å². The molecular weight excluding hydrogens is 473 g/mol. The number of halogens is 2. The van der Waals surface area contributed by atoms with Crippen molar-refractivity contribution in [1.29, 1.82) is 0 Å². The molecule has 0 amide bonds. The molecule has 7 nitrogen and oxygen atoms in total. The Kier molecular flexibility index (Phi) is 7.46. The Hall–Kier alpha value is -2.03. The van der Waals surface area contributed by atoms with Gasteiger partial charge in [-0.3, -0.25) is 4.90 Å². The highest BCUT2D eigenvalue weighted by molar-refractivity contribution is 6.45. The van der Waals surface area contributed by atoms with Crippen LogP contribution in [0.15, 0.2) is 30.3 Å². The fourth-order valence-electron chi connectivity index (χ4n) is 4.53. The molecule has 4 heterocycles. The zero-order chi connectivity index (χ0) is 23.5. The summed E-state index contributed by atoms with van der Waals surface area (Å²) in [7, 11) is 2.18. The van der Waals surface area contributed by atoms with Gasteiger partial charge in [0.2, 0.25) is 0 Å². The molecule has 0 unspecified atom stereocenters. The highest BCUT2D eigenvalue weighted by Gasteiger charge is 2.17. The molecular formula is C25H31Cl2N5O2. The van der Waals surface area contributed by atoms with E-state index in [1.807, 2.05) is 6.07 Å². The molecule has 2 saturated heterocycles. The van der Waals surface area contributed by atoms with Crippen LogP contribution in [0.3, 0.4) is 0 Å². The second kappa shape index (κ2) is 10.7. The van der Waals surface area contributed by atoms with Gasteiger partial charge in [0, 0.05) is 75.3 Å². The summed E-state index contributed by atoms with van der Waals surface area (Å²) in [5.74, 6) is 1.81. The van der Waals surface area contributed by atoms with E-state index < -0.39 is 0 Å². The number of rotatable bonds is 7. The van der Waals surface area contributed by atoms with Crippen LogP contribution in [0.2, 0.25) is 10.2 Å². The lowest BCUT2D eigenvalue weighted by Gasteiger charge is -2.32. The fourth-order valence-corrected chi connectivity index (χ4v) is 4.94. The van der Waals surface area contributed by atoms with Gasteiger partial charge >= 0.3 is 0 Å². The summed E-state index contributed by atoms with van der Waals surface area (Å²) in [6.45, 7) is 9.11. The van der Waals surface area contributed by atoms with Crippen LogP contribution in [0.1, 0.15) is 11.3 Å². The average molecular weight is 504 g/mol. The highest BCUT2D eigenvalue weighted by Crippen LogP contribution is 2.32. The van der Waals surface area contributed by atoms with Gasteiger partial charge in [-0.15, -0.1) is 0 Å². The quantitative estimate of drug-likeness (QED) is 0.527. The molecule has 3 aromatic rings. The molecule has 2 aromatic heterocycles. The summed E-state index contributed by atoms with van der Waals surface area (Å²) in [6, 6.07) is 10.3. The fraction of sp³-hybridized carbons (Fsp3) is 0.480. The minimum Gasteiger partial charge on any atom is -0.492 e. The van der Waals surface area contributed by atoms with Crippen molar-refractivity contribution in [2.24, 2.45) is 0 Å². The number of benzene rings is 1. The minimum atomic E-state index is 0.470. The van der Waals surface area contributed by atoms with Crippen LogP contribution in [0.25, 0.3) is 10.9 Å². The summed E-state index contributed by atoms with van der Waals surface area (Å²) in [6.07, 6.45) is 0.683. The zero-order valence-corrected chi connectivity index (χ0v) is 21.0. The molecule has 2 aliphatic heterocycles. The van der Waals surface area contributed by atoms with Gasteiger partial charge in [-0.05, 0) is 24.7 Å². The van der Waals surface area contributed by atoms with Gasteiger partial charge in [-0.2, -0.15) is 0 Å². The molecule has 0 aliphatic carbocycles. The Morgan fingerprint density at radius 3 is 2.62 bits per heavy atom. The van der Waals surface area contributed by atoms with E-state index in [-0.39, 0.29) is 0 Å². The largest absolute Gasteiger partial charge is 0.492 e.